The highest BCUT2D eigenvalue weighted by Gasteiger charge is 2.31. The van der Waals surface area contributed by atoms with Crippen molar-refractivity contribution in [1.29, 1.82) is 0 Å². The van der Waals surface area contributed by atoms with Crippen LogP contribution in [0.2, 0.25) is 0 Å². The van der Waals surface area contributed by atoms with Crippen LogP contribution in [0.4, 0.5) is 29.1 Å². The predicted molar refractivity (Wildman–Crippen MR) is 119 cm³/mol. The summed E-state index contributed by atoms with van der Waals surface area (Å²) in [5.74, 6) is 1.88. The van der Waals surface area contributed by atoms with Crippen molar-refractivity contribution in [1.82, 2.24) is 29.6 Å². The second kappa shape index (κ2) is 8.09. The Kier molecular flexibility index (Phi) is 5.32. The molecule has 1 amide bonds. The topological polar surface area (TPSA) is 144 Å². The lowest BCUT2D eigenvalue weighted by Gasteiger charge is -2.44. The number of piperazine rings is 1. The maximum atomic E-state index is 11.9. The van der Waals surface area contributed by atoms with E-state index < -0.39 is 0 Å². The van der Waals surface area contributed by atoms with Crippen molar-refractivity contribution in [2.45, 2.75) is 32.9 Å². The Morgan fingerprint density at radius 1 is 1.06 bits per heavy atom. The SMILES string of the molecule is CC(=O)N1[C@H](C)CN(c2cc(-n3nc(Nc4ccc(N)cc4)nc3N)ncn2)C[C@H]1C. The van der Waals surface area contributed by atoms with Gasteiger partial charge in [-0.3, -0.25) is 4.79 Å². The van der Waals surface area contributed by atoms with Gasteiger partial charge in [0.1, 0.15) is 12.1 Å². The van der Waals surface area contributed by atoms with Gasteiger partial charge >= 0.3 is 0 Å². The third-order valence-electron chi connectivity index (χ3n) is 5.26. The zero-order valence-electron chi connectivity index (χ0n) is 17.7. The fourth-order valence-electron chi connectivity index (χ4n) is 4.00. The first-order chi connectivity index (χ1) is 14.8. The van der Waals surface area contributed by atoms with Gasteiger partial charge in [0, 0.05) is 49.5 Å². The van der Waals surface area contributed by atoms with Crippen LogP contribution < -0.4 is 21.7 Å². The summed E-state index contributed by atoms with van der Waals surface area (Å²) >= 11 is 0. The molecule has 0 aliphatic carbocycles. The van der Waals surface area contributed by atoms with Crippen LogP contribution in [0.1, 0.15) is 20.8 Å². The Balaban J connectivity index is 1.55. The average Bonchev–Trinajstić information content (AvgIpc) is 3.09. The number of anilines is 5. The Morgan fingerprint density at radius 3 is 2.35 bits per heavy atom. The molecule has 1 aliphatic rings. The van der Waals surface area contributed by atoms with Gasteiger partial charge in [0.2, 0.25) is 17.8 Å². The van der Waals surface area contributed by atoms with Crippen LogP contribution >= 0.6 is 0 Å². The molecule has 0 radical (unpaired) electrons. The fourth-order valence-corrected chi connectivity index (χ4v) is 4.00. The Labute approximate surface area is 180 Å². The minimum atomic E-state index is 0.0758. The lowest BCUT2D eigenvalue weighted by Crippen LogP contribution is -2.58. The smallest absolute Gasteiger partial charge is 0.248 e. The number of nitrogens with two attached hydrogens (primary N) is 2. The molecule has 5 N–H and O–H groups in total. The van der Waals surface area contributed by atoms with Crippen molar-refractivity contribution >= 4 is 35.0 Å². The molecule has 162 valence electrons. The first-order valence-corrected chi connectivity index (χ1v) is 10.0. The van der Waals surface area contributed by atoms with Crippen molar-refractivity contribution in [3.63, 3.8) is 0 Å². The number of benzene rings is 1. The standard InChI is InChI=1S/C20H26N10O/c1-12-9-28(10-13(2)29(12)14(3)31)17-8-18(24-11-23-17)30-19(22)26-20(27-30)25-16-6-4-15(21)5-7-16/h4-8,11-13H,9-10,21H2,1-3H3,(H3,22,25,26,27)/t12-,13-/m1/s1. The summed E-state index contributed by atoms with van der Waals surface area (Å²) in [6, 6.07) is 9.20. The van der Waals surface area contributed by atoms with E-state index in [0.29, 0.717) is 30.5 Å². The van der Waals surface area contributed by atoms with Crippen LogP contribution in [0.5, 0.6) is 0 Å². The Hall–Kier alpha value is -3.89. The summed E-state index contributed by atoms with van der Waals surface area (Å²) in [5, 5.41) is 7.52. The van der Waals surface area contributed by atoms with Gasteiger partial charge in [0.15, 0.2) is 5.82 Å². The van der Waals surface area contributed by atoms with E-state index >= 15 is 0 Å². The highest BCUT2D eigenvalue weighted by atomic mass is 16.2. The maximum Gasteiger partial charge on any atom is 0.248 e. The molecule has 4 rings (SSSR count). The molecule has 11 heteroatoms. The third-order valence-corrected chi connectivity index (χ3v) is 5.26. The number of nitrogens with zero attached hydrogens (tertiary/aromatic N) is 7. The zero-order chi connectivity index (χ0) is 22.1. The largest absolute Gasteiger partial charge is 0.399 e. The van der Waals surface area contributed by atoms with Crippen LogP contribution in [0.25, 0.3) is 5.82 Å². The quantitative estimate of drug-likeness (QED) is 0.531. The molecule has 1 aliphatic heterocycles. The van der Waals surface area contributed by atoms with Gasteiger partial charge in [-0.25, -0.2) is 9.97 Å². The summed E-state index contributed by atoms with van der Waals surface area (Å²) in [7, 11) is 0. The molecule has 1 fully saturated rings. The van der Waals surface area contributed by atoms with Gasteiger partial charge in [0.05, 0.1) is 0 Å². The van der Waals surface area contributed by atoms with E-state index in [1.807, 2.05) is 36.9 Å². The number of hydrogen-bond donors (Lipinski definition) is 3. The van der Waals surface area contributed by atoms with E-state index in [2.05, 4.69) is 30.3 Å². The zero-order valence-corrected chi connectivity index (χ0v) is 17.7. The molecule has 31 heavy (non-hydrogen) atoms. The van der Waals surface area contributed by atoms with Crippen molar-refractivity contribution in [3.05, 3.63) is 36.7 Å². The number of aromatic nitrogens is 5. The van der Waals surface area contributed by atoms with Gasteiger partial charge in [-0.15, -0.1) is 5.10 Å². The molecule has 0 saturated carbocycles. The van der Waals surface area contributed by atoms with E-state index in [-0.39, 0.29) is 23.9 Å². The summed E-state index contributed by atoms with van der Waals surface area (Å²) in [6.45, 7) is 7.04. The van der Waals surface area contributed by atoms with Crippen molar-refractivity contribution in [2.24, 2.45) is 0 Å². The molecule has 2 aromatic heterocycles. The minimum Gasteiger partial charge on any atom is -0.399 e. The van der Waals surface area contributed by atoms with Crippen LogP contribution in [-0.2, 0) is 4.79 Å². The molecule has 0 spiro atoms. The molecule has 0 bridgehead atoms. The van der Waals surface area contributed by atoms with Crippen molar-refractivity contribution in [2.75, 3.05) is 34.8 Å². The van der Waals surface area contributed by atoms with E-state index in [9.17, 15) is 4.79 Å². The van der Waals surface area contributed by atoms with Gasteiger partial charge in [0.25, 0.3) is 0 Å². The predicted octanol–water partition coefficient (Wildman–Crippen LogP) is 1.41. The molecule has 1 saturated heterocycles. The third kappa shape index (κ3) is 4.20. The summed E-state index contributed by atoms with van der Waals surface area (Å²) in [6.07, 6.45) is 1.48. The minimum absolute atomic E-state index is 0.0758. The molecular formula is C20H26N10O. The van der Waals surface area contributed by atoms with Gasteiger partial charge in [-0.1, -0.05) is 0 Å². The monoisotopic (exact) mass is 422 g/mol. The molecule has 11 nitrogen and oxygen atoms in total. The molecule has 3 heterocycles. The lowest BCUT2D eigenvalue weighted by molar-refractivity contribution is -0.133. The molecule has 2 atom stereocenters. The highest BCUT2D eigenvalue weighted by molar-refractivity contribution is 5.74. The van der Waals surface area contributed by atoms with E-state index in [1.54, 1.807) is 19.1 Å². The van der Waals surface area contributed by atoms with E-state index in [1.165, 1.54) is 11.0 Å². The number of rotatable bonds is 4. The second-order valence-electron chi connectivity index (χ2n) is 7.72. The lowest BCUT2D eigenvalue weighted by atomic mass is 10.1. The van der Waals surface area contributed by atoms with E-state index in [4.69, 9.17) is 11.5 Å². The Morgan fingerprint density at radius 2 is 1.71 bits per heavy atom. The maximum absolute atomic E-state index is 11.9. The van der Waals surface area contributed by atoms with Gasteiger partial charge in [-0.2, -0.15) is 9.67 Å². The number of hydrogen-bond acceptors (Lipinski definition) is 9. The number of carbonyl (C=O) groups excluding carboxylic acids is 1. The second-order valence-corrected chi connectivity index (χ2v) is 7.72. The molecule has 3 aromatic rings. The number of nitrogen functional groups attached to an aromatic ring is 2. The van der Waals surface area contributed by atoms with Crippen molar-refractivity contribution < 1.29 is 4.79 Å². The summed E-state index contributed by atoms with van der Waals surface area (Å²) in [5.41, 5.74) is 13.3. The summed E-state index contributed by atoms with van der Waals surface area (Å²) in [4.78, 5) is 29.0. The number of amides is 1. The van der Waals surface area contributed by atoms with Gasteiger partial charge in [-0.05, 0) is 38.1 Å². The summed E-state index contributed by atoms with van der Waals surface area (Å²) < 4.78 is 1.46. The fraction of sp³-hybridized carbons (Fsp3) is 0.350. The Bertz CT molecular complexity index is 1070. The van der Waals surface area contributed by atoms with E-state index in [0.717, 1.165) is 11.5 Å². The normalized spacial score (nSPS) is 18.8. The van der Waals surface area contributed by atoms with Crippen LogP contribution in [0, 0.1) is 0 Å². The van der Waals surface area contributed by atoms with Crippen LogP contribution in [-0.4, -0.2) is 60.7 Å². The first-order valence-electron chi connectivity index (χ1n) is 10.0. The van der Waals surface area contributed by atoms with Gasteiger partial charge < -0.3 is 26.6 Å². The first kappa shape index (κ1) is 20.4. The van der Waals surface area contributed by atoms with Crippen molar-refractivity contribution in [3.8, 4) is 5.82 Å². The average molecular weight is 422 g/mol. The molecule has 1 aromatic carbocycles. The van der Waals surface area contributed by atoms with Crippen LogP contribution in [0.3, 0.4) is 0 Å². The number of nitrogens with one attached hydrogen (secondary N) is 1. The molecule has 0 unspecified atom stereocenters. The molecular weight excluding hydrogens is 396 g/mol. The van der Waals surface area contributed by atoms with Crippen LogP contribution in [0.15, 0.2) is 36.7 Å². The highest BCUT2D eigenvalue weighted by Crippen LogP contribution is 2.23. The number of carbonyl (C=O) groups is 1.